The van der Waals surface area contributed by atoms with Gasteiger partial charge in [0.2, 0.25) is 5.13 Å². The Bertz CT molecular complexity index is 333. The molecular formula is C10H16ClN3S. The molecular weight excluding hydrogens is 230 g/mol. The van der Waals surface area contributed by atoms with E-state index in [0.29, 0.717) is 11.8 Å². The maximum Gasteiger partial charge on any atom is 0.202 e. The first-order chi connectivity index (χ1) is 7.11. The Morgan fingerprint density at radius 2 is 2.27 bits per heavy atom. The van der Waals surface area contributed by atoms with E-state index in [1.54, 1.807) is 0 Å². The summed E-state index contributed by atoms with van der Waals surface area (Å²) in [6.07, 6.45) is 3.43. The Morgan fingerprint density at radius 3 is 2.87 bits per heavy atom. The van der Waals surface area contributed by atoms with Crippen molar-refractivity contribution in [3.05, 3.63) is 5.82 Å². The van der Waals surface area contributed by atoms with Crippen LogP contribution >= 0.6 is 23.1 Å². The van der Waals surface area contributed by atoms with Gasteiger partial charge in [-0.15, -0.1) is 11.6 Å². The normalized spacial score (nSPS) is 16.7. The van der Waals surface area contributed by atoms with E-state index in [2.05, 4.69) is 28.5 Å². The van der Waals surface area contributed by atoms with Crippen molar-refractivity contribution in [1.29, 1.82) is 0 Å². The van der Waals surface area contributed by atoms with Crippen LogP contribution in [0.2, 0.25) is 0 Å². The molecule has 1 aromatic heterocycles. The second-order valence-electron chi connectivity index (χ2n) is 4.68. The highest BCUT2D eigenvalue weighted by Crippen LogP contribution is 2.39. The molecule has 84 valence electrons. The molecule has 1 N–H and O–H groups in total. The Hall–Kier alpha value is -0.350. The summed E-state index contributed by atoms with van der Waals surface area (Å²) in [5, 5.41) is 4.31. The summed E-state index contributed by atoms with van der Waals surface area (Å²) in [7, 11) is 0. The average molecular weight is 246 g/mol. The number of aromatic nitrogens is 2. The first-order valence-electron chi connectivity index (χ1n) is 5.28. The average Bonchev–Trinajstić information content (AvgIpc) is 2.88. The quantitative estimate of drug-likeness (QED) is 0.810. The van der Waals surface area contributed by atoms with Crippen molar-refractivity contribution >= 4 is 28.3 Å². The van der Waals surface area contributed by atoms with Crippen molar-refractivity contribution in [2.75, 3.05) is 11.2 Å². The summed E-state index contributed by atoms with van der Waals surface area (Å²) >= 11 is 7.20. The maximum absolute atomic E-state index is 5.75. The minimum Gasteiger partial charge on any atom is -0.355 e. The molecule has 0 aromatic carbocycles. The van der Waals surface area contributed by atoms with Crippen LogP contribution in [0.25, 0.3) is 0 Å². The van der Waals surface area contributed by atoms with Gasteiger partial charge in [-0.1, -0.05) is 0 Å². The predicted molar refractivity (Wildman–Crippen MR) is 64.9 cm³/mol. The third kappa shape index (κ3) is 3.05. The fourth-order valence-electron chi connectivity index (χ4n) is 1.38. The van der Waals surface area contributed by atoms with E-state index in [1.165, 1.54) is 24.4 Å². The van der Waals surface area contributed by atoms with Gasteiger partial charge in [0.05, 0.1) is 0 Å². The van der Waals surface area contributed by atoms with Crippen molar-refractivity contribution in [3.8, 4) is 0 Å². The molecule has 0 spiro atoms. The van der Waals surface area contributed by atoms with Crippen molar-refractivity contribution < 1.29 is 0 Å². The zero-order valence-electron chi connectivity index (χ0n) is 9.09. The lowest BCUT2D eigenvalue weighted by Crippen LogP contribution is -2.31. The number of rotatable bonds is 5. The van der Waals surface area contributed by atoms with Crippen LogP contribution in [0.1, 0.15) is 44.9 Å². The number of anilines is 1. The molecule has 0 atom stereocenters. The zero-order chi connectivity index (χ0) is 10.9. The number of nitrogens with zero attached hydrogens (tertiary/aromatic N) is 2. The van der Waals surface area contributed by atoms with Crippen molar-refractivity contribution in [2.24, 2.45) is 0 Å². The number of halogens is 1. The predicted octanol–water partition coefficient (Wildman–Crippen LogP) is 3.23. The van der Waals surface area contributed by atoms with Crippen LogP contribution in [0, 0.1) is 0 Å². The Labute approximate surface area is 99.4 Å². The molecule has 1 aliphatic rings. The van der Waals surface area contributed by atoms with Crippen molar-refractivity contribution in [1.82, 2.24) is 9.36 Å². The van der Waals surface area contributed by atoms with Gasteiger partial charge in [0.15, 0.2) is 0 Å². The van der Waals surface area contributed by atoms with Gasteiger partial charge >= 0.3 is 0 Å². The van der Waals surface area contributed by atoms with E-state index in [4.69, 9.17) is 11.6 Å². The molecule has 0 unspecified atom stereocenters. The molecule has 0 saturated heterocycles. The summed E-state index contributed by atoms with van der Waals surface area (Å²) in [5.74, 6) is 2.31. The first kappa shape index (κ1) is 11.1. The monoisotopic (exact) mass is 245 g/mol. The van der Waals surface area contributed by atoms with Crippen LogP contribution in [0.5, 0.6) is 0 Å². The third-order valence-corrected chi connectivity index (χ3v) is 3.38. The summed E-state index contributed by atoms with van der Waals surface area (Å²) < 4.78 is 4.36. The zero-order valence-corrected chi connectivity index (χ0v) is 10.7. The van der Waals surface area contributed by atoms with E-state index in [0.717, 1.165) is 17.4 Å². The SMILES string of the molecule is CC(C)(CCCl)Nc1nc(C2CC2)ns1. The molecule has 5 heteroatoms. The molecule has 1 fully saturated rings. The summed E-state index contributed by atoms with van der Waals surface area (Å²) in [6, 6.07) is 0. The second-order valence-corrected chi connectivity index (χ2v) is 5.81. The minimum atomic E-state index is 0.00209. The molecule has 0 aliphatic heterocycles. The van der Waals surface area contributed by atoms with Gasteiger partial charge in [0.1, 0.15) is 5.82 Å². The maximum atomic E-state index is 5.75. The van der Waals surface area contributed by atoms with Gasteiger partial charge in [0, 0.05) is 28.9 Å². The summed E-state index contributed by atoms with van der Waals surface area (Å²) in [5.41, 5.74) is 0.00209. The number of hydrogen-bond donors (Lipinski definition) is 1. The van der Waals surface area contributed by atoms with Crippen molar-refractivity contribution in [2.45, 2.75) is 44.6 Å². The van der Waals surface area contributed by atoms with Crippen LogP contribution in [0.3, 0.4) is 0 Å². The molecule has 1 aromatic rings. The lowest BCUT2D eigenvalue weighted by atomic mass is 10.0. The summed E-state index contributed by atoms with van der Waals surface area (Å²) in [4.78, 5) is 4.49. The van der Waals surface area contributed by atoms with Gasteiger partial charge < -0.3 is 5.32 Å². The Morgan fingerprint density at radius 1 is 1.53 bits per heavy atom. The molecule has 0 radical (unpaired) electrons. The molecule has 1 heterocycles. The van der Waals surface area contributed by atoms with Gasteiger partial charge in [0.25, 0.3) is 0 Å². The fourth-order valence-corrected chi connectivity index (χ4v) is 2.68. The van der Waals surface area contributed by atoms with Crippen LogP contribution < -0.4 is 5.32 Å². The highest BCUT2D eigenvalue weighted by Gasteiger charge is 2.28. The first-order valence-corrected chi connectivity index (χ1v) is 6.59. The lowest BCUT2D eigenvalue weighted by molar-refractivity contribution is 0.550. The number of hydrogen-bond acceptors (Lipinski definition) is 4. The van der Waals surface area contributed by atoms with Gasteiger partial charge in [-0.25, -0.2) is 4.98 Å². The van der Waals surface area contributed by atoms with Crippen LogP contribution in [-0.2, 0) is 0 Å². The third-order valence-electron chi connectivity index (χ3n) is 2.55. The second kappa shape index (κ2) is 4.26. The van der Waals surface area contributed by atoms with Crippen LogP contribution in [0.15, 0.2) is 0 Å². The van der Waals surface area contributed by atoms with Crippen molar-refractivity contribution in [3.63, 3.8) is 0 Å². The minimum absolute atomic E-state index is 0.00209. The smallest absolute Gasteiger partial charge is 0.202 e. The van der Waals surface area contributed by atoms with Gasteiger partial charge in [-0.2, -0.15) is 4.37 Å². The topological polar surface area (TPSA) is 37.8 Å². The Kier molecular flexibility index (Phi) is 3.16. The number of alkyl halides is 1. The van der Waals surface area contributed by atoms with E-state index in [-0.39, 0.29) is 5.54 Å². The highest BCUT2D eigenvalue weighted by atomic mass is 35.5. The molecule has 0 bridgehead atoms. The molecule has 15 heavy (non-hydrogen) atoms. The Balaban J connectivity index is 1.97. The highest BCUT2D eigenvalue weighted by molar-refractivity contribution is 7.09. The van der Waals surface area contributed by atoms with E-state index >= 15 is 0 Å². The van der Waals surface area contributed by atoms with Gasteiger partial charge in [-0.3, -0.25) is 0 Å². The van der Waals surface area contributed by atoms with Crippen LogP contribution in [0.4, 0.5) is 5.13 Å². The van der Waals surface area contributed by atoms with E-state index in [1.807, 2.05) is 0 Å². The van der Waals surface area contributed by atoms with E-state index < -0.39 is 0 Å². The number of nitrogens with one attached hydrogen (secondary N) is 1. The van der Waals surface area contributed by atoms with E-state index in [9.17, 15) is 0 Å². The summed E-state index contributed by atoms with van der Waals surface area (Å²) in [6.45, 7) is 4.27. The van der Waals surface area contributed by atoms with Gasteiger partial charge in [-0.05, 0) is 33.1 Å². The van der Waals surface area contributed by atoms with Crippen LogP contribution in [-0.4, -0.2) is 20.8 Å². The molecule has 1 aliphatic carbocycles. The molecule has 1 saturated carbocycles. The standard InChI is InChI=1S/C10H16ClN3S/c1-10(2,5-6-11)13-9-12-8(14-15-9)7-3-4-7/h7H,3-6H2,1-2H3,(H,12,13,14). The molecule has 3 nitrogen and oxygen atoms in total. The largest absolute Gasteiger partial charge is 0.355 e. The molecule has 0 amide bonds. The fraction of sp³-hybridized carbons (Fsp3) is 0.800. The molecule has 2 rings (SSSR count). The lowest BCUT2D eigenvalue weighted by Gasteiger charge is -2.24.